The number of hydrogen-bond donors (Lipinski definition) is 2. The van der Waals surface area contributed by atoms with Gasteiger partial charge in [0.15, 0.2) is 15.7 Å². The largest absolute Gasteiger partial charge is 0.364 e. The summed E-state index contributed by atoms with van der Waals surface area (Å²) < 4.78 is 24.0. The highest BCUT2D eigenvalue weighted by Gasteiger charge is 2.14. The van der Waals surface area contributed by atoms with Gasteiger partial charge in [-0.15, -0.1) is 0 Å². The van der Waals surface area contributed by atoms with Crippen LogP contribution in [0, 0.1) is 0 Å². The second kappa shape index (κ2) is 7.25. The van der Waals surface area contributed by atoms with E-state index in [1.54, 1.807) is 24.4 Å². The van der Waals surface area contributed by atoms with Crippen molar-refractivity contribution in [3.05, 3.63) is 48.2 Å². The number of nitrogens with one attached hydrogen (secondary N) is 2. The van der Waals surface area contributed by atoms with Crippen LogP contribution < -0.4 is 10.6 Å². The fraction of sp³-hybridized carbons (Fsp3) is 0.278. The molecule has 0 bridgehead atoms. The van der Waals surface area contributed by atoms with Gasteiger partial charge in [-0.2, -0.15) is 4.98 Å². The van der Waals surface area contributed by atoms with Crippen LogP contribution in [-0.4, -0.2) is 35.7 Å². The van der Waals surface area contributed by atoms with Gasteiger partial charge in [0.25, 0.3) is 0 Å². The second-order valence-electron chi connectivity index (χ2n) is 6.30. The van der Waals surface area contributed by atoms with Crippen LogP contribution >= 0.6 is 0 Å². The molecule has 0 unspecified atom stereocenters. The number of pyridine rings is 1. The summed E-state index contributed by atoms with van der Waals surface area (Å²) in [4.78, 5) is 13.6. The van der Waals surface area contributed by atoms with Crippen LogP contribution in [0.15, 0.2) is 47.5 Å². The van der Waals surface area contributed by atoms with Gasteiger partial charge in [-0.25, -0.2) is 13.4 Å². The third-order valence-electron chi connectivity index (χ3n) is 3.69. The summed E-state index contributed by atoms with van der Waals surface area (Å²) in [5, 5.41) is 6.40. The number of rotatable bonds is 6. The van der Waals surface area contributed by atoms with E-state index < -0.39 is 9.84 Å². The molecule has 136 valence electrons. The average molecular weight is 371 g/mol. The lowest BCUT2D eigenvalue weighted by Crippen LogP contribution is -2.14. The Hall–Kier alpha value is -2.74. The lowest BCUT2D eigenvalue weighted by atomic mass is 10.2. The van der Waals surface area contributed by atoms with Gasteiger partial charge in [-0.3, -0.25) is 4.98 Å². The van der Waals surface area contributed by atoms with Gasteiger partial charge in [-0.1, -0.05) is 18.2 Å². The minimum atomic E-state index is -3.31. The highest BCUT2D eigenvalue weighted by Crippen LogP contribution is 2.22. The Bertz CT molecular complexity index is 1030. The summed E-state index contributed by atoms with van der Waals surface area (Å²) in [6, 6.07) is 10.8. The molecule has 0 saturated heterocycles. The van der Waals surface area contributed by atoms with Crippen LogP contribution in [-0.2, 0) is 16.4 Å². The number of benzene rings is 1. The van der Waals surface area contributed by atoms with Gasteiger partial charge < -0.3 is 10.6 Å². The smallest absolute Gasteiger partial charge is 0.225 e. The molecule has 3 aromatic rings. The van der Waals surface area contributed by atoms with Crippen molar-refractivity contribution < 1.29 is 8.42 Å². The van der Waals surface area contributed by atoms with Crippen LogP contribution in [0.2, 0.25) is 0 Å². The maximum Gasteiger partial charge on any atom is 0.225 e. The first-order chi connectivity index (χ1) is 12.3. The van der Waals surface area contributed by atoms with E-state index >= 15 is 0 Å². The quantitative estimate of drug-likeness (QED) is 0.687. The van der Waals surface area contributed by atoms with Crippen molar-refractivity contribution in [1.29, 1.82) is 0 Å². The molecule has 0 spiro atoms. The highest BCUT2D eigenvalue weighted by molar-refractivity contribution is 7.90. The Labute approximate surface area is 152 Å². The molecule has 1 aromatic carbocycles. The summed E-state index contributed by atoms with van der Waals surface area (Å²) >= 11 is 0. The second-order valence-corrected chi connectivity index (χ2v) is 8.28. The van der Waals surface area contributed by atoms with E-state index in [4.69, 9.17) is 0 Å². The van der Waals surface area contributed by atoms with Crippen molar-refractivity contribution in [2.75, 3.05) is 16.9 Å². The van der Waals surface area contributed by atoms with E-state index in [1.807, 2.05) is 32.0 Å². The maximum atomic E-state index is 12.0. The van der Waals surface area contributed by atoms with Crippen molar-refractivity contribution in [3.63, 3.8) is 0 Å². The molecule has 0 fully saturated rings. The van der Waals surface area contributed by atoms with Crippen molar-refractivity contribution in [1.82, 2.24) is 15.0 Å². The number of anilines is 2. The summed E-state index contributed by atoms with van der Waals surface area (Å²) in [5.41, 5.74) is 2.03. The number of aromatic nitrogens is 3. The van der Waals surface area contributed by atoms with Crippen molar-refractivity contribution in [3.8, 4) is 0 Å². The van der Waals surface area contributed by atoms with Gasteiger partial charge >= 0.3 is 0 Å². The fourth-order valence-corrected chi connectivity index (χ4v) is 3.55. The van der Waals surface area contributed by atoms with Gasteiger partial charge in [0, 0.05) is 25.0 Å². The molecule has 0 aliphatic carbocycles. The summed E-state index contributed by atoms with van der Waals surface area (Å²) in [5.74, 6) is 1.06. The zero-order valence-electron chi connectivity index (χ0n) is 14.9. The van der Waals surface area contributed by atoms with Crippen LogP contribution in [0.25, 0.3) is 11.0 Å². The Kier molecular flexibility index (Phi) is 5.03. The maximum absolute atomic E-state index is 12.0. The molecule has 0 aliphatic rings. The zero-order chi connectivity index (χ0) is 18.7. The number of nitrogens with zero attached hydrogens (tertiary/aromatic N) is 3. The molecule has 0 aliphatic heterocycles. The van der Waals surface area contributed by atoms with Crippen LogP contribution in [0.3, 0.4) is 0 Å². The molecule has 0 atom stereocenters. The summed E-state index contributed by atoms with van der Waals surface area (Å²) in [7, 11) is -3.31. The monoisotopic (exact) mass is 371 g/mol. The van der Waals surface area contributed by atoms with Gasteiger partial charge in [0.1, 0.15) is 5.52 Å². The van der Waals surface area contributed by atoms with Crippen molar-refractivity contribution in [2.45, 2.75) is 31.3 Å². The predicted molar refractivity (Wildman–Crippen MR) is 103 cm³/mol. The topological polar surface area (TPSA) is 96.9 Å². The minimum absolute atomic E-state index is 0.183. The molecule has 0 saturated carbocycles. The average Bonchev–Trinajstić information content (AvgIpc) is 2.58. The molecule has 3 rings (SSSR count). The molecule has 0 amide bonds. The molecule has 7 nitrogen and oxygen atoms in total. The van der Waals surface area contributed by atoms with Crippen molar-refractivity contribution >= 4 is 32.6 Å². The molecular formula is C18H21N5O2S. The van der Waals surface area contributed by atoms with E-state index in [1.165, 1.54) is 6.26 Å². The Morgan fingerprint density at radius 2 is 1.85 bits per heavy atom. The zero-order valence-corrected chi connectivity index (χ0v) is 15.7. The lowest BCUT2D eigenvalue weighted by molar-refractivity contribution is 0.601. The molecule has 2 aromatic heterocycles. The van der Waals surface area contributed by atoms with Gasteiger partial charge in [0.2, 0.25) is 5.95 Å². The van der Waals surface area contributed by atoms with E-state index in [-0.39, 0.29) is 6.04 Å². The Morgan fingerprint density at radius 3 is 2.58 bits per heavy atom. The SMILES string of the molecule is CC(C)Nc1nc(NCc2ccccc2S(C)(=O)=O)c2ncccc2n1. The number of hydrogen-bond acceptors (Lipinski definition) is 7. The normalized spacial score (nSPS) is 11.7. The summed E-state index contributed by atoms with van der Waals surface area (Å²) in [6.07, 6.45) is 2.88. The first-order valence-electron chi connectivity index (χ1n) is 8.26. The van der Waals surface area contributed by atoms with E-state index in [9.17, 15) is 8.42 Å². The van der Waals surface area contributed by atoms with Crippen molar-refractivity contribution in [2.24, 2.45) is 0 Å². The first-order valence-corrected chi connectivity index (χ1v) is 10.1. The van der Waals surface area contributed by atoms with Crippen LogP contribution in [0.1, 0.15) is 19.4 Å². The first kappa shape index (κ1) is 18.1. The third-order valence-corrected chi connectivity index (χ3v) is 4.89. The molecule has 26 heavy (non-hydrogen) atoms. The summed E-state index contributed by atoms with van der Waals surface area (Å²) in [6.45, 7) is 4.32. The molecule has 2 heterocycles. The predicted octanol–water partition coefficient (Wildman–Crippen LogP) is 2.86. The standard InChI is InChI=1S/C18H21N5O2S/c1-12(2)21-18-22-14-8-6-10-19-16(14)17(23-18)20-11-13-7-4-5-9-15(13)26(3,24)25/h4-10,12H,11H2,1-3H3,(H2,20,21,22,23). The molecule has 8 heteroatoms. The number of sulfone groups is 1. The molecule has 0 radical (unpaired) electrons. The van der Waals surface area contributed by atoms with E-state index in [2.05, 4.69) is 25.6 Å². The highest BCUT2D eigenvalue weighted by atomic mass is 32.2. The third kappa shape index (κ3) is 4.08. The van der Waals surface area contributed by atoms with E-state index in [0.29, 0.717) is 39.8 Å². The lowest BCUT2D eigenvalue weighted by Gasteiger charge is -2.14. The van der Waals surface area contributed by atoms with Crippen LogP contribution in [0.4, 0.5) is 11.8 Å². The Morgan fingerprint density at radius 1 is 1.08 bits per heavy atom. The van der Waals surface area contributed by atoms with Crippen LogP contribution in [0.5, 0.6) is 0 Å². The Balaban J connectivity index is 1.97. The van der Waals surface area contributed by atoms with E-state index in [0.717, 1.165) is 0 Å². The molecule has 2 N–H and O–H groups in total. The number of fused-ring (bicyclic) bond motifs is 1. The fourth-order valence-electron chi connectivity index (χ4n) is 2.60. The van der Waals surface area contributed by atoms with Gasteiger partial charge in [0.05, 0.1) is 10.4 Å². The molecular weight excluding hydrogens is 350 g/mol. The minimum Gasteiger partial charge on any atom is -0.364 e. The van der Waals surface area contributed by atoms with Gasteiger partial charge in [-0.05, 0) is 37.6 Å².